The van der Waals surface area contributed by atoms with Crippen molar-refractivity contribution in [2.24, 2.45) is 0 Å². The van der Waals surface area contributed by atoms with Crippen molar-refractivity contribution in [3.8, 4) is 0 Å². The molecule has 0 aliphatic heterocycles. The van der Waals surface area contributed by atoms with Gasteiger partial charge in [-0.3, -0.25) is 4.79 Å². The largest absolute Gasteiger partial charge is 0.387 e. The highest BCUT2D eigenvalue weighted by Crippen LogP contribution is 2.19. The van der Waals surface area contributed by atoms with E-state index in [0.29, 0.717) is 13.1 Å². The smallest absolute Gasteiger partial charge is 0.216 e. The van der Waals surface area contributed by atoms with Crippen molar-refractivity contribution >= 4 is 5.91 Å². The Kier molecular flexibility index (Phi) is 7.26. The predicted octanol–water partition coefficient (Wildman–Crippen LogP) is 1.79. The monoisotopic (exact) mass is 278 g/mol. The molecule has 0 radical (unpaired) electrons. The van der Waals surface area contributed by atoms with Crippen LogP contribution in [0.25, 0.3) is 0 Å². The molecule has 0 spiro atoms. The van der Waals surface area contributed by atoms with E-state index < -0.39 is 6.10 Å². The molecule has 0 heterocycles. The molecular weight excluding hydrogens is 252 g/mol. The molecule has 0 bridgehead atoms. The van der Waals surface area contributed by atoms with Crippen LogP contribution in [0.15, 0.2) is 24.3 Å². The molecule has 0 saturated carbocycles. The number of hydrogen-bond donors (Lipinski definition) is 3. The van der Waals surface area contributed by atoms with Crippen LogP contribution in [0, 0.1) is 0 Å². The lowest BCUT2D eigenvalue weighted by atomic mass is 9.98. The van der Waals surface area contributed by atoms with Gasteiger partial charge in [-0.25, -0.2) is 0 Å². The molecule has 1 aromatic rings. The van der Waals surface area contributed by atoms with E-state index in [4.69, 9.17) is 0 Å². The Morgan fingerprint density at radius 2 is 1.85 bits per heavy atom. The molecule has 0 saturated heterocycles. The van der Waals surface area contributed by atoms with Gasteiger partial charge in [0.15, 0.2) is 0 Å². The highest BCUT2D eigenvalue weighted by atomic mass is 16.3. The molecule has 4 heteroatoms. The van der Waals surface area contributed by atoms with Crippen LogP contribution in [0.1, 0.15) is 44.4 Å². The van der Waals surface area contributed by atoms with E-state index in [2.05, 4.69) is 29.7 Å². The minimum Gasteiger partial charge on any atom is -0.387 e. The molecule has 3 N–H and O–H groups in total. The molecule has 1 aromatic carbocycles. The predicted molar refractivity (Wildman–Crippen MR) is 81.5 cm³/mol. The lowest BCUT2D eigenvalue weighted by molar-refractivity contribution is -0.118. The second kappa shape index (κ2) is 8.72. The van der Waals surface area contributed by atoms with Crippen molar-refractivity contribution in [3.05, 3.63) is 35.4 Å². The van der Waals surface area contributed by atoms with Crippen LogP contribution < -0.4 is 10.6 Å². The maximum absolute atomic E-state index is 10.8. The highest BCUT2D eigenvalue weighted by Gasteiger charge is 2.18. The zero-order valence-electron chi connectivity index (χ0n) is 12.6. The van der Waals surface area contributed by atoms with E-state index in [-0.39, 0.29) is 11.9 Å². The first kappa shape index (κ1) is 16.7. The molecule has 0 fully saturated rings. The van der Waals surface area contributed by atoms with Gasteiger partial charge in [-0.15, -0.1) is 0 Å². The number of amides is 1. The number of aliphatic hydroxyl groups is 1. The van der Waals surface area contributed by atoms with Crippen molar-refractivity contribution in [2.45, 2.75) is 45.8 Å². The van der Waals surface area contributed by atoms with E-state index in [1.165, 1.54) is 12.5 Å². The normalized spacial score (nSPS) is 13.8. The second-order valence-electron chi connectivity index (χ2n) is 4.99. The Labute approximate surface area is 121 Å². The summed E-state index contributed by atoms with van der Waals surface area (Å²) in [6.45, 7) is 6.89. The van der Waals surface area contributed by atoms with E-state index in [1.807, 2.05) is 19.1 Å². The van der Waals surface area contributed by atoms with Crippen molar-refractivity contribution in [1.82, 2.24) is 10.6 Å². The van der Waals surface area contributed by atoms with Gasteiger partial charge in [0.1, 0.15) is 0 Å². The lowest BCUT2D eigenvalue weighted by Crippen LogP contribution is -2.39. The minimum atomic E-state index is -0.525. The molecule has 112 valence electrons. The van der Waals surface area contributed by atoms with Gasteiger partial charge in [0, 0.05) is 26.1 Å². The molecule has 0 aromatic heterocycles. The molecule has 0 aliphatic carbocycles. The third-order valence-electron chi connectivity index (χ3n) is 3.46. The molecule has 2 unspecified atom stereocenters. The van der Waals surface area contributed by atoms with Crippen molar-refractivity contribution < 1.29 is 9.90 Å². The molecule has 0 aliphatic rings. The maximum atomic E-state index is 10.8. The summed E-state index contributed by atoms with van der Waals surface area (Å²) in [7, 11) is 0. The summed E-state index contributed by atoms with van der Waals surface area (Å²) in [5, 5.41) is 16.4. The first-order valence-electron chi connectivity index (χ1n) is 7.33. The second-order valence-corrected chi connectivity index (χ2v) is 4.99. The van der Waals surface area contributed by atoms with Gasteiger partial charge in [-0.1, -0.05) is 38.1 Å². The van der Waals surface area contributed by atoms with Crippen molar-refractivity contribution in [3.63, 3.8) is 0 Å². The van der Waals surface area contributed by atoms with Gasteiger partial charge in [-0.2, -0.15) is 0 Å². The van der Waals surface area contributed by atoms with Crippen LogP contribution in [0.5, 0.6) is 0 Å². The van der Waals surface area contributed by atoms with Crippen LogP contribution in [0.3, 0.4) is 0 Å². The average molecular weight is 278 g/mol. The SMILES string of the molecule is CCc1ccc(C(O)C(CC)NCCNC(C)=O)cc1. The Morgan fingerprint density at radius 1 is 1.20 bits per heavy atom. The number of benzene rings is 1. The van der Waals surface area contributed by atoms with Crippen LogP contribution in [0.4, 0.5) is 0 Å². The fraction of sp³-hybridized carbons (Fsp3) is 0.562. The third kappa shape index (κ3) is 5.31. The summed E-state index contributed by atoms with van der Waals surface area (Å²) in [5.74, 6) is -0.0319. The molecule has 2 atom stereocenters. The lowest BCUT2D eigenvalue weighted by Gasteiger charge is -2.23. The quantitative estimate of drug-likeness (QED) is 0.635. The number of aryl methyl sites for hydroxylation is 1. The number of hydrogen-bond acceptors (Lipinski definition) is 3. The Bertz CT molecular complexity index is 403. The van der Waals surface area contributed by atoms with Gasteiger partial charge < -0.3 is 15.7 Å². The standard InChI is InChI=1S/C16H26N2O2/c1-4-13-6-8-14(9-7-13)16(20)15(5-2)18-11-10-17-12(3)19/h6-9,15-16,18,20H,4-5,10-11H2,1-3H3,(H,17,19). The van der Waals surface area contributed by atoms with E-state index >= 15 is 0 Å². The zero-order chi connectivity index (χ0) is 15.0. The first-order valence-corrected chi connectivity index (χ1v) is 7.33. The minimum absolute atomic E-state index is 0.00349. The summed E-state index contributed by atoms with van der Waals surface area (Å²) >= 11 is 0. The summed E-state index contributed by atoms with van der Waals surface area (Å²) in [6.07, 6.45) is 1.31. The van der Waals surface area contributed by atoms with Crippen LogP contribution >= 0.6 is 0 Å². The summed E-state index contributed by atoms with van der Waals surface area (Å²) < 4.78 is 0. The number of carbonyl (C=O) groups excluding carboxylic acids is 1. The van der Waals surface area contributed by atoms with Gasteiger partial charge >= 0.3 is 0 Å². The number of nitrogens with one attached hydrogen (secondary N) is 2. The van der Waals surface area contributed by atoms with Gasteiger partial charge in [-0.05, 0) is 24.0 Å². The summed E-state index contributed by atoms with van der Waals surface area (Å²) in [6, 6.07) is 8.09. The highest BCUT2D eigenvalue weighted by molar-refractivity contribution is 5.72. The van der Waals surface area contributed by atoms with Gasteiger partial charge in [0.2, 0.25) is 5.91 Å². The van der Waals surface area contributed by atoms with Crippen LogP contribution in [0.2, 0.25) is 0 Å². The first-order chi connectivity index (χ1) is 9.58. The topological polar surface area (TPSA) is 61.4 Å². The Hall–Kier alpha value is -1.39. The van der Waals surface area contributed by atoms with E-state index in [1.54, 1.807) is 0 Å². The van der Waals surface area contributed by atoms with Crippen molar-refractivity contribution in [1.29, 1.82) is 0 Å². The Morgan fingerprint density at radius 3 is 2.35 bits per heavy atom. The Balaban J connectivity index is 2.52. The van der Waals surface area contributed by atoms with Crippen LogP contribution in [-0.2, 0) is 11.2 Å². The molecule has 1 amide bonds. The number of aliphatic hydroxyl groups excluding tert-OH is 1. The third-order valence-corrected chi connectivity index (χ3v) is 3.46. The van der Waals surface area contributed by atoms with Gasteiger partial charge in [0.25, 0.3) is 0 Å². The van der Waals surface area contributed by atoms with E-state index in [0.717, 1.165) is 18.4 Å². The molecule has 20 heavy (non-hydrogen) atoms. The molecule has 4 nitrogen and oxygen atoms in total. The maximum Gasteiger partial charge on any atom is 0.216 e. The summed E-state index contributed by atoms with van der Waals surface area (Å²) in [5.41, 5.74) is 2.20. The van der Waals surface area contributed by atoms with E-state index in [9.17, 15) is 9.90 Å². The zero-order valence-corrected chi connectivity index (χ0v) is 12.6. The summed E-state index contributed by atoms with van der Waals surface area (Å²) in [4.78, 5) is 10.8. The van der Waals surface area contributed by atoms with Crippen LogP contribution in [-0.4, -0.2) is 30.1 Å². The van der Waals surface area contributed by atoms with Gasteiger partial charge in [0.05, 0.1) is 6.10 Å². The average Bonchev–Trinajstić information content (AvgIpc) is 2.46. The fourth-order valence-corrected chi connectivity index (χ4v) is 2.16. The molecular formula is C16H26N2O2. The fourth-order valence-electron chi connectivity index (χ4n) is 2.16. The number of rotatable bonds is 8. The molecule has 1 rings (SSSR count). The number of carbonyl (C=O) groups is 1. The van der Waals surface area contributed by atoms with Crippen molar-refractivity contribution in [2.75, 3.05) is 13.1 Å².